The summed E-state index contributed by atoms with van der Waals surface area (Å²) in [6, 6.07) is 5.60. The van der Waals surface area contributed by atoms with E-state index in [1.165, 1.54) is 31.4 Å². The van der Waals surface area contributed by atoms with Gasteiger partial charge in [-0.3, -0.25) is 15.0 Å². The molecule has 0 atom stereocenters. The van der Waals surface area contributed by atoms with E-state index >= 15 is 0 Å². The van der Waals surface area contributed by atoms with Crippen LogP contribution < -0.4 is 0 Å². The Morgan fingerprint density at radius 2 is 1.83 bits per heavy atom. The van der Waals surface area contributed by atoms with Crippen LogP contribution in [0.1, 0.15) is 12.5 Å². The summed E-state index contributed by atoms with van der Waals surface area (Å²) in [5.41, 5.74) is 0.486. The molecule has 0 unspecified atom stereocenters. The highest BCUT2D eigenvalue weighted by atomic mass is 79.9. The number of nitrogens with zero attached hydrogens (tertiary/aromatic N) is 2. The van der Waals surface area contributed by atoms with Crippen molar-refractivity contribution in [2.24, 2.45) is 0 Å². The fraction of sp³-hybridized carbons (Fsp3) is 0.286. The van der Waals surface area contributed by atoms with Crippen LogP contribution in [0.4, 0.5) is 10.5 Å². The zero-order valence-corrected chi connectivity index (χ0v) is 16.0. The number of benzene rings is 1. The standard InChI is InChI=1S/C14H14Br2N2O6/c1-3-17(11(12(15)16)13(19)23-2)14(20)24-8-9-4-6-10(7-5-9)18(21)22/h4-7H,3,8H2,1-2H3. The molecule has 0 spiro atoms. The zero-order valence-electron chi connectivity index (χ0n) is 12.8. The van der Waals surface area contributed by atoms with E-state index in [1.54, 1.807) is 6.92 Å². The number of hydrogen-bond acceptors (Lipinski definition) is 6. The first-order valence-electron chi connectivity index (χ1n) is 6.63. The zero-order chi connectivity index (χ0) is 18.3. The SMILES string of the molecule is CCN(C(=O)OCc1ccc([N+](=O)[O-])cc1)C(C(=O)OC)=C(Br)Br. The number of halogens is 2. The van der Waals surface area contributed by atoms with E-state index in [4.69, 9.17) is 4.74 Å². The highest BCUT2D eigenvalue weighted by Gasteiger charge is 2.26. The minimum Gasteiger partial charge on any atom is -0.464 e. The van der Waals surface area contributed by atoms with Crippen molar-refractivity contribution in [2.45, 2.75) is 13.5 Å². The molecule has 0 aromatic heterocycles. The highest BCUT2D eigenvalue weighted by Crippen LogP contribution is 2.24. The van der Waals surface area contributed by atoms with Gasteiger partial charge in [0.25, 0.3) is 5.69 Å². The Morgan fingerprint density at radius 1 is 1.25 bits per heavy atom. The lowest BCUT2D eigenvalue weighted by Crippen LogP contribution is -2.34. The molecule has 0 saturated heterocycles. The number of carbonyl (C=O) groups excluding carboxylic acids is 2. The summed E-state index contributed by atoms with van der Waals surface area (Å²) in [5.74, 6) is -0.715. The Morgan fingerprint density at radius 3 is 2.25 bits per heavy atom. The van der Waals surface area contributed by atoms with Crippen LogP contribution in [0, 0.1) is 10.1 Å². The summed E-state index contributed by atoms with van der Waals surface area (Å²) >= 11 is 6.18. The van der Waals surface area contributed by atoms with Gasteiger partial charge in [-0.05, 0) is 56.5 Å². The molecule has 1 aromatic carbocycles. The molecule has 0 aliphatic rings. The van der Waals surface area contributed by atoms with Crippen LogP contribution >= 0.6 is 31.9 Å². The molecular formula is C14H14Br2N2O6. The van der Waals surface area contributed by atoms with Gasteiger partial charge in [-0.15, -0.1) is 0 Å². The van der Waals surface area contributed by atoms with Crippen molar-refractivity contribution in [3.8, 4) is 0 Å². The summed E-state index contributed by atoms with van der Waals surface area (Å²) < 4.78 is 10.0. The van der Waals surface area contributed by atoms with E-state index in [0.717, 1.165) is 4.90 Å². The molecule has 0 aliphatic heterocycles. The van der Waals surface area contributed by atoms with E-state index in [-0.39, 0.29) is 27.9 Å². The lowest BCUT2D eigenvalue weighted by Gasteiger charge is -2.22. The maximum absolute atomic E-state index is 12.2. The van der Waals surface area contributed by atoms with Gasteiger partial charge < -0.3 is 9.47 Å². The number of methoxy groups -OCH3 is 1. The van der Waals surface area contributed by atoms with Crippen molar-refractivity contribution in [3.05, 3.63) is 49.0 Å². The van der Waals surface area contributed by atoms with Gasteiger partial charge in [0.15, 0.2) is 5.70 Å². The van der Waals surface area contributed by atoms with Gasteiger partial charge in [-0.25, -0.2) is 9.59 Å². The molecule has 10 heteroatoms. The Bertz CT molecular complexity index is 656. The lowest BCUT2D eigenvalue weighted by atomic mass is 10.2. The molecule has 8 nitrogen and oxygen atoms in total. The second kappa shape index (κ2) is 9.38. The summed E-state index contributed by atoms with van der Waals surface area (Å²) in [4.78, 5) is 35.1. The molecule has 0 radical (unpaired) electrons. The number of hydrogen-bond donors (Lipinski definition) is 0. The number of esters is 1. The van der Waals surface area contributed by atoms with Crippen molar-refractivity contribution in [1.29, 1.82) is 0 Å². The first-order chi connectivity index (χ1) is 11.3. The van der Waals surface area contributed by atoms with Crippen molar-refractivity contribution in [1.82, 2.24) is 4.90 Å². The number of rotatable bonds is 6. The van der Waals surface area contributed by atoms with Crippen molar-refractivity contribution >= 4 is 49.6 Å². The van der Waals surface area contributed by atoms with Crippen molar-refractivity contribution < 1.29 is 24.0 Å². The average Bonchev–Trinajstić information content (AvgIpc) is 2.56. The molecule has 0 N–H and O–H groups in total. The van der Waals surface area contributed by atoms with E-state index in [2.05, 4.69) is 36.6 Å². The molecule has 1 rings (SSSR count). The van der Waals surface area contributed by atoms with Crippen LogP contribution in [-0.4, -0.2) is 35.5 Å². The third-order valence-electron chi connectivity index (χ3n) is 2.87. The summed E-state index contributed by atoms with van der Waals surface area (Å²) in [7, 11) is 1.20. The van der Waals surface area contributed by atoms with Crippen molar-refractivity contribution in [3.63, 3.8) is 0 Å². The van der Waals surface area contributed by atoms with E-state index < -0.39 is 17.0 Å². The third kappa shape index (κ3) is 5.31. The monoisotopic (exact) mass is 464 g/mol. The highest BCUT2D eigenvalue weighted by molar-refractivity contribution is 9.28. The van der Waals surface area contributed by atoms with Gasteiger partial charge in [-0.2, -0.15) is 0 Å². The Balaban J connectivity index is 2.82. The predicted octanol–water partition coefficient (Wildman–Crippen LogP) is 3.69. The van der Waals surface area contributed by atoms with Gasteiger partial charge in [-0.1, -0.05) is 0 Å². The molecule has 1 aromatic rings. The minimum atomic E-state index is -0.757. The van der Waals surface area contributed by atoms with E-state index in [0.29, 0.717) is 5.56 Å². The summed E-state index contributed by atoms with van der Waals surface area (Å²) in [6.45, 7) is 1.74. The molecule has 0 aliphatic carbocycles. The van der Waals surface area contributed by atoms with Gasteiger partial charge >= 0.3 is 12.1 Å². The Labute approximate surface area is 154 Å². The lowest BCUT2D eigenvalue weighted by molar-refractivity contribution is -0.384. The first kappa shape index (κ1) is 20.1. The maximum Gasteiger partial charge on any atom is 0.414 e. The molecule has 24 heavy (non-hydrogen) atoms. The number of ether oxygens (including phenoxy) is 2. The van der Waals surface area contributed by atoms with Crippen LogP contribution in [0.5, 0.6) is 0 Å². The van der Waals surface area contributed by atoms with Crippen LogP contribution in [-0.2, 0) is 20.9 Å². The number of non-ortho nitro benzene ring substituents is 1. The normalized spacial score (nSPS) is 9.83. The number of nitro groups is 1. The third-order valence-corrected chi connectivity index (χ3v) is 3.62. The summed E-state index contributed by atoms with van der Waals surface area (Å²) in [5, 5.41) is 10.6. The largest absolute Gasteiger partial charge is 0.464 e. The predicted molar refractivity (Wildman–Crippen MR) is 92.6 cm³/mol. The average molecular weight is 466 g/mol. The molecule has 0 bridgehead atoms. The smallest absolute Gasteiger partial charge is 0.414 e. The van der Waals surface area contributed by atoms with E-state index in [9.17, 15) is 19.7 Å². The Kier molecular flexibility index (Phi) is 7.86. The second-order valence-corrected chi connectivity index (χ2v) is 6.97. The molecular weight excluding hydrogens is 452 g/mol. The molecule has 0 fully saturated rings. The van der Waals surface area contributed by atoms with Gasteiger partial charge in [0, 0.05) is 18.7 Å². The molecule has 1 amide bonds. The van der Waals surface area contributed by atoms with Crippen molar-refractivity contribution in [2.75, 3.05) is 13.7 Å². The second-order valence-electron chi connectivity index (χ2n) is 4.32. The maximum atomic E-state index is 12.2. The quantitative estimate of drug-likeness (QED) is 0.275. The van der Waals surface area contributed by atoms with Crippen LogP contribution in [0.25, 0.3) is 0 Å². The number of carbonyl (C=O) groups is 2. The van der Waals surface area contributed by atoms with Crippen LogP contribution in [0.3, 0.4) is 0 Å². The van der Waals surface area contributed by atoms with Gasteiger partial charge in [0.05, 0.1) is 15.4 Å². The Hall–Kier alpha value is -1.94. The molecule has 0 heterocycles. The van der Waals surface area contributed by atoms with Gasteiger partial charge in [0.2, 0.25) is 0 Å². The van der Waals surface area contributed by atoms with Crippen LogP contribution in [0.15, 0.2) is 33.4 Å². The molecule has 0 saturated carbocycles. The fourth-order valence-electron chi connectivity index (χ4n) is 1.70. The number of amides is 1. The molecule has 130 valence electrons. The van der Waals surface area contributed by atoms with Gasteiger partial charge in [0.1, 0.15) is 6.61 Å². The topological polar surface area (TPSA) is 99.0 Å². The van der Waals surface area contributed by atoms with E-state index in [1.807, 2.05) is 0 Å². The fourth-order valence-corrected chi connectivity index (χ4v) is 2.45. The van der Waals surface area contributed by atoms with Crippen LogP contribution in [0.2, 0.25) is 0 Å². The first-order valence-corrected chi connectivity index (χ1v) is 8.21. The minimum absolute atomic E-state index is 0.0336. The number of nitro benzene ring substituents is 1. The number of likely N-dealkylation sites (N-methyl/N-ethyl adjacent to an activating group) is 1. The summed E-state index contributed by atoms with van der Waals surface area (Å²) in [6.07, 6.45) is -0.757.